The molecular weight excluding hydrogens is 473 g/mol. The second kappa shape index (κ2) is 7.17. The van der Waals surface area contributed by atoms with Gasteiger partial charge in [-0.3, -0.25) is 4.79 Å². The van der Waals surface area contributed by atoms with E-state index in [-0.39, 0.29) is 5.91 Å². The highest BCUT2D eigenvalue weighted by atomic mass is 127. The largest absolute Gasteiger partial charge is 0.461 e. The Balaban J connectivity index is 1.72. The van der Waals surface area contributed by atoms with Crippen LogP contribution in [0.1, 0.15) is 46.6 Å². The second-order valence-electron chi connectivity index (χ2n) is 7.92. The van der Waals surface area contributed by atoms with E-state index in [0.717, 1.165) is 62.3 Å². The maximum Gasteiger partial charge on any atom is 0.256 e. The summed E-state index contributed by atoms with van der Waals surface area (Å²) >= 11 is 2.32. The monoisotopic (exact) mass is 495 g/mol. The molecule has 2 heterocycles. The highest BCUT2D eigenvalue weighted by molar-refractivity contribution is 14.1. The zero-order valence-corrected chi connectivity index (χ0v) is 18.7. The quantitative estimate of drug-likeness (QED) is 0.324. The molecule has 0 atom stereocenters. The molecule has 0 fully saturated rings. The first kappa shape index (κ1) is 18.7. The predicted octanol–water partition coefficient (Wildman–Crippen LogP) is 6.54. The van der Waals surface area contributed by atoms with Crippen molar-refractivity contribution in [1.29, 1.82) is 0 Å². The number of benzene rings is 2. The smallest absolute Gasteiger partial charge is 0.256 e. The van der Waals surface area contributed by atoms with Crippen LogP contribution < -0.4 is 5.32 Å². The van der Waals surface area contributed by atoms with Crippen LogP contribution in [0.25, 0.3) is 22.8 Å². The van der Waals surface area contributed by atoms with Crippen LogP contribution in [0, 0.1) is 17.4 Å². The van der Waals surface area contributed by atoms with Gasteiger partial charge in [-0.1, -0.05) is 29.8 Å². The van der Waals surface area contributed by atoms with Gasteiger partial charge in [0, 0.05) is 32.4 Å². The Kier molecular flexibility index (Phi) is 4.62. The third kappa shape index (κ3) is 3.14. The molecule has 0 bridgehead atoms. The fourth-order valence-electron chi connectivity index (χ4n) is 4.44. The number of anilines is 1. The molecule has 29 heavy (non-hydrogen) atoms. The summed E-state index contributed by atoms with van der Waals surface area (Å²) in [5, 5.41) is 3.01. The molecule has 1 N–H and O–H groups in total. The van der Waals surface area contributed by atoms with Gasteiger partial charge in [-0.2, -0.15) is 0 Å². The Morgan fingerprint density at radius 2 is 1.76 bits per heavy atom. The first-order valence-corrected chi connectivity index (χ1v) is 11.1. The number of fused-ring (bicyclic) bond motifs is 2. The number of furan rings is 1. The van der Waals surface area contributed by atoms with Crippen LogP contribution in [0.5, 0.6) is 0 Å². The molecule has 0 saturated carbocycles. The molecule has 3 nitrogen and oxygen atoms in total. The lowest BCUT2D eigenvalue weighted by Gasteiger charge is -2.11. The number of halogens is 1. The zero-order valence-electron chi connectivity index (χ0n) is 16.6. The first-order valence-electron chi connectivity index (χ1n) is 10.1. The summed E-state index contributed by atoms with van der Waals surface area (Å²) in [5.41, 5.74) is 8.55. The van der Waals surface area contributed by atoms with Crippen LogP contribution in [-0.2, 0) is 17.6 Å². The van der Waals surface area contributed by atoms with Crippen LogP contribution in [0.4, 0.5) is 5.69 Å². The number of carbonyl (C=O) groups excluding carboxylic acids is 1. The number of carbonyl (C=O) groups is 1. The number of rotatable bonds is 2. The van der Waals surface area contributed by atoms with Crippen molar-refractivity contribution >= 4 is 45.8 Å². The van der Waals surface area contributed by atoms with E-state index in [1.807, 2.05) is 18.2 Å². The highest BCUT2D eigenvalue weighted by Crippen LogP contribution is 2.42. The summed E-state index contributed by atoms with van der Waals surface area (Å²) in [6.07, 6.45) is 6.30. The van der Waals surface area contributed by atoms with Crippen molar-refractivity contribution in [3.05, 3.63) is 73.7 Å². The molecule has 0 spiro atoms. The van der Waals surface area contributed by atoms with Gasteiger partial charge >= 0.3 is 0 Å². The molecule has 1 aromatic heterocycles. The van der Waals surface area contributed by atoms with E-state index in [1.165, 1.54) is 17.5 Å². The van der Waals surface area contributed by atoms with Crippen LogP contribution in [0.2, 0.25) is 0 Å². The lowest BCUT2D eigenvalue weighted by Crippen LogP contribution is -2.03. The van der Waals surface area contributed by atoms with E-state index in [4.69, 9.17) is 4.42 Å². The summed E-state index contributed by atoms with van der Waals surface area (Å²) < 4.78 is 7.51. The van der Waals surface area contributed by atoms with E-state index in [9.17, 15) is 4.79 Å². The molecular formula is C25H22INO2. The normalized spacial score (nSPS) is 16.7. The standard InChI is InChI=1S/C25H22INO2/c1-14-7-9-16(10-8-14)24-17-5-3-4-6-21(17)29-22(24)13-18-23-15(2)19(26)11-12-20(23)27-25(18)28/h7-13H,3-6H2,1-2H3,(H,27,28). The molecule has 146 valence electrons. The van der Waals surface area contributed by atoms with Gasteiger partial charge in [-0.25, -0.2) is 0 Å². The number of hydrogen-bond donors (Lipinski definition) is 1. The minimum Gasteiger partial charge on any atom is -0.461 e. The second-order valence-corrected chi connectivity index (χ2v) is 9.09. The Morgan fingerprint density at radius 1 is 1.00 bits per heavy atom. The van der Waals surface area contributed by atoms with Gasteiger partial charge in [0.1, 0.15) is 11.5 Å². The van der Waals surface area contributed by atoms with Gasteiger partial charge in [0.2, 0.25) is 0 Å². The number of amides is 1. The van der Waals surface area contributed by atoms with Crippen LogP contribution in [0.3, 0.4) is 0 Å². The summed E-state index contributed by atoms with van der Waals surface area (Å²) in [4.78, 5) is 12.8. The molecule has 0 saturated heterocycles. The highest BCUT2D eigenvalue weighted by Gasteiger charge is 2.29. The maximum absolute atomic E-state index is 12.8. The van der Waals surface area contributed by atoms with E-state index in [2.05, 4.69) is 66.0 Å². The van der Waals surface area contributed by atoms with E-state index in [0.29, 0.717) is 5.57 Å². The SMILES string of the molecule is Cc1ccc(-c2c(C=C3C(=O)Nc4ccc(I)c(C)c43)oc3c2CCCC3)cc1. The average Bonchev–Trinajstić information content (AvgIpc) is 3.23. The first-order chi connectivity index (χ1) is 14.0. The van der Waals surface area contributed by atoms with Crippen LogP contribution in [-0.4, -0.2) is 5.91 Å². The summed E-state index contributed by atoms with van der Waals surface area (Å²) in [6.45, 7) is 4.17. The van der Waals surface area contributed by atoms with Gasteiger partial charge in [0.25, 0.3) is 5.91 Å². The molecule has 2 aromatic carbocycles. The fraction of sp³-hybridized carbons (Fsp3) is 0.240. The van der Waals surface area contributed by atoms with Gasteiger partial charge in [0.15, 0.2) is 0 Å². The molecule has 4 heteroatoms. The van der Waals surface area contributed by atoms with E-state index >= 15 is 0 Å². The van der Waals surface area contributed by atoms with Crippen molar-refractivity contribution < 1.29 is 9.21 Å². The molecule has 1 aliphatic carbocycles. The Labute approximate surface area is 184 Å². The van der Waals surface area contributed by atoms with Crippen molar-refractivity contribution in [2.75, 3.05) is 5.32 Å². The van der Waals surface area contributed by atoms with Crippen LogP contribution >= 0.6 is 22.6 Å². The van der Waals surface area contributed by atoms with Crippen molar-refractivity contribution in [1.82, 2.24) is 0 Å². The molecule has 0 unspecified atom stereocenters. The van der Waals surface area contributed by atoms with Crippen molar-refractivity contribution in [2.24, 2.45) is 0 Å². The van der Waals surface area contributed by atoms with Crippen molar-refractivity contribution in [3.63, 3.8) is 0 Å². The van der Waals surface area contributed by atoms with Gasteiger partial charge in [0.05, 0.1) is 5.57 Å². The lowest BCUT2D eigenvalue weighted by atomic mass is 9.90. The third-order valence-electron chi connectivity index (χ3n) is 5.98. The number of aryl methyl sites for hydroxylation is 2. The average molecular weight is 495 g/mol. The van der Waals surface area contributed by atoms with Crippen LogP contribution in [0.15, 0.2) is 40.8 Å². The van der Waals surface area contributed by atoms with Gasteiger partial charge in [-0.05, 0) is 85.0 Å². The topological polar surface area (TPSA) is 42.2 Å². The third-order valence-corrected chi connectivity index (χ3v) is 7.14. The lowest BCUT2D eigenvalue weighted by molar-refractivity contribution is -0.110. The maximum atomic E-state index is 12.8. The molecule has 0 radical (unpaired) electrons. The predicted molar refractivity (Wildman–Crippen MR) is 126 cm³/mol. The minimum atomic E-state index is -0.0608. The van der Waals surface area contributed by atoms with Crippen molar-refractivity contribution in [3.8, 4) is 11.1 Å². The number of hydrogen-bond acceptors (Lipinski definition) is 2. The summed E-state index contributed by atoms with van der Waals surface area (Å²) in [6, 6.07) is 12.6. The summed E-state index contributed by atoms with van der Waals surface area (Å²) in [5.74, 6) is 1.82. The Hall–Kier alpha value is -2.34. The molecule has 1 amide bonds. The Morgan fingerprint density at radius 3 is 2.55 bits per heavy atom. The fourth-order valence-corrected chi connectivity index (χ4v) is 4.88. The molecule has 2 aliphatic rings. The molecule has 5 rings (SSSR count). The van der Waals surface area contributed by atoms with E-state index < -0.39 is 0 Å². The van der Waals surface area contributed by atoms with E-state index in [1.54, 1.807) is 0 Å². The minimum absolute atomic E-state index is 0.0608. The molecule has 3 aromatic rings. The molecule has 1 aliphatic heterocycles. The van der Waals surface area contributed by atoms with Gasteiger partial charge in [-0.15, -0.1) is 0 Å². The van der Waals surface area contributed by atoms with Crippen molar-refractivity contribution in [2.45, 2.75) is 39.5 Å². The summed E-state index contributed by atoms with van der Waals surface area (Å²) in [7, 11) is 0. The Bertz CT molecular complexity index is 1170. The van der Waals surface area contributed by atoms with Gasteiger partial charge < -0.3 is 9.73 Å². The zero-order chi connectivity index (χ0) is 20.1. The number of nitrogens with one attached hydrogen (secondary N) is 1.